The number of hydrogen-bond donors (Lipinski definition) is 3. The Balaban J connectivity index is 1.87. The van der Waals surface area contributed by atoms with E-state index in [2.05, 4.69) is 25.1 Å². The van der Waals surface area contributed by atoms with Crippen molar-refractivity contribution in [3.63, 3.8) is 0 Å². The number of hydrogen-bond acceptors (Lipinski definition) is 13. The van der Waals surface area contributed by atoms with Gasteiger partial charge in [0.15, 0.2) is 23.9 Å². The highest BCUT2D eigenvalue weighted by atomic mass is 31.2. The van der Waals surface area contributed by atoms with Crippen LogP contribution in [-0.4, -0.2) is 94.6 Å². The van der Waals surface area contributed by atoms with Crippen LogP contribution in [0.15, 0.2) is 6.33 Å². The summed E-state index contributed by atoms with van der Waals surface area (Å²) in [5.74, 6) is -0.822. The highest BCUT2D eigenvalue weighted by molar-refractivity contribution is 7.56. The van der Waals surface area contributed by atoms with E-state index in [1.54, 1.807) is 34.6 Å². The number of aryl methyl sites for hydroxylation is 1. The molecule has 4 N–H and O–H groups in total. The molecule has 0 amide bonds. The summed E-state index contributed by atoms with van der Waals surface area (Å²) in [6.45, 7) is 14.5. The van der Waals surface area contributed by atoms with Gasteiger partial charge < -0.3 is 29.0 Å². The third kappa shape index (κ3) is 9.30. The molecule has 1 saturated heterocycles. The average Bonchev–Trinajstić information content (AvgIpc) is 3.44. The van der Waals surface area contributed by atoms with Gasteiger partial charge in [-0.3, -0.25) is 23.3 Å². The molecule has 3 rings (SSSR count). The van der Waals surface area contributed by atoms with E-state index in [1.807, 2.05) is 0 Å². The lowest BCUT2D eigenvalue weighted by Crippen LogP contribution is -2.43. The molecule has 16 nitrogen and oxygen atoms in total. The van der Waals surface area contributed by atoms with Crippen LogP contribution in [0.2, 0.25) is 0 Å². The van der Waals surface area contributed by atoms with E-state index in [-0.39, 0.29) is 29.2 Å². The molecular formula is C27H46FN7O9P2. The molecule has 0 aromatic carbocycles. The van der Waals surface area contributed by atoms with Crippen molar-refractivity contribution in [3.8, 4) is 0 Å². The minimum Gasteiger partial charge on any atom is -0.462 e. The van der Waals surface area contributed by atoms with Gasteiger partial charge in [-0.05, 0) is 48.5 Å². The Morgan fingerprint density at radius 3 is 2.07 bits per heavy atom. The maximum atomic E-state index is 16.6. The van der Waals surface area contributed by atoms with Gasteiger partial charge in [0.2, 0.25) is 0 Å². The smallest absolute Gasteiger partial charge is 0.323 e. The topological polar surface area (TPSA) is 208 Å². The number of carbonyl (C=O) groups excluding carboxylic acids is 2. The Kier molecular flexibility index (Phi) is 12.1. The van der Waals surface area contributed by atoms with Crippen molar-refractivity contribution in [1.29, 1.82) is 0 Å². The van der Waals surface area contributed by atoms with Gasteiger partial charge in [-0.25, -0.2) is 29.5 Å². The number of imidazole rings is 1. The largest absolute Gasteiger partial charge is 0.462 e. The maximum Gasteiger partial charge on any atom is 0.323 e. The molecule has 2 aromatic rings. The third-order valence-electron chi connectivity index (χ3n) is 7.12. The zero-order valence-corrected chi connectivity index (χ0v) is 29.6. The van der Waals surface area contributed by atoms with Gasteiger partial charge >= 0.3 is 11.9 Å². The maximum absolute atomic E-state index is 16.6. The number of halogens is 1. The standard InChI is InChI=1S/C27H46FN7O9P2/c1-14(2)42-25(36)16(5)33-45(9,38)40-11-19-27(8,12-41-46(10,39)34-17(6)26(37)43-15(3)4)21(28)24(44-19)35-13-30-20-22(29)31-18(7)32-23(20)35/h13-17,19,21,24H,11-12H2,1-10H3,(H,33,38)(H,34,39)(H2,29,31,32)/t16-,17-,19+,21-,24+,27?,45?,46?/m0/s1. The molecule has 8 atom stereocenters. The summed E-state index contributed by atoms with van der Waals surface area (Å²) in [6.07, 6.45) is -3.72. The average molecular weight is 694 g/mol. The fourth-order valence-electron chi connectivity index (χ4n) is 4.77. The normalized spacial score (nSPS) is 25.7. The van der Waals surface area contributed by atoms with Crippen molar-refractivity contribution in [2.45, 2.75) is 98.2 Å². The summed E-state index contributed by atoms with van der Waals surface area (Å²) in [5, 5.41) is 5.26. The van der Waals surface area contributed by atoms with Crippen LogP contribution in [0.25, 0.3) is 11.2 Å². The summed E-state index contributed by atoms with van der Waals surface area (Å²) < 4.78 is 72.7. The van der Waals surface area contributed by atoms with Crippen molar-refractivity contribution in [2.24, 2.45) is 5.41 Å². The van der Waals surface area contributed by atoms with Crippen molar-refractivity contribution >= 4 is 44.0 Å². The SMILES string of the molecule is Cc1nc(N)c2ncn([C@@H]3O[C@H](COP(C)(=O)N[C@@H](C)C(=O)OC(C)C)C(C)(COP(C)(=O)N[C@@H](C)C(=O)OC(C)C)[C@H]3F)c2n1. The summed E-state index contributed by atoms with van der Waals surface area (Å²) in [6, 6.07) is -1.95. The Morgan fingerprint density at radius 1 is 1.02 bits per heavy atom. The molecule has 1 aliphatic rings. The summed E-state index contributed by atoms with van der Waals surface area (Å²) in [4.78, 5) is 37.3. The Labute approximate surface area is 268 Å². The number of ether oxygens (including phenoxy) is 3. The zero-order chi connectivity index (χ0) is 34.8. The minimum absolute atomic E-state index is 0.104. The van der Waals surface area contributed by atoms with Gasteiger partial charge in [-0.2, -0.15) is 0 Å². The number of fused-ring (bicyclic) bond motifs is 1. The number of rotatable bonds is 15. The van der Waals surface area contributed by atoms with Crippen LogP contribution < -0.4 is 15.9 Å². The highest BCUT2D eigenvalue weighted by Crippen LogP contribution is 2.51. The van der Waals surface area contributed by atoms with Crippen LogP contribution in [-0.2, 0) is 42.0 Å². The molecule has 46 heavy (non-hydrogen) atoms. The van der Waals surface area contributed by atoms with Crippen LogP contribution in [0.4, 0.5) is 10.2 Å². The molecule has 260 valence electrons. The molecular weight excluding hydrogens is 647 g/mol. The molecule has 0 radical (unpaired) electrons. The fraction of sp³-hybridized carbons (Fsp3) is 0.741. The van der Waals surface area contributed by atoms with E-state index < -0.39 is 76.2 Å². The first-order valence-electron chi connectivity index (χ1n) is 14.8. The number of aromatic nitrogens is 4. The lowest BCUT2D eigenvalue weighted by atomic mass is 9.82. The molecule has 0 aliphatic carbocycles. The summed E-state index contributed by atoms with van der Waals surface area (Å²) in [7, 11) is -7.38. The molecule has 19 heteroatoms. The number of nitrogens with zero attached hydrogens (tertiary/aromatic N) is 4. The number of carbonyl (C=O) groups is 2. The van der Waals surface area contributed by atoms with Crippen LogP contribution in [0.3, 0.4) is 0 Å². The first-order chi connectivity index (χ1) is 21.2. The Morgan fingerprint density at radius 2 is 1.54 bits per heavy atom. The van der Waals surface area contributed by atoms with Crippen molar-refractivity contribution in [1.82, 2.24) is 29.7 Å². The minimum atomic E-state index is -3.71. The van der Waals surface area contributed by atoms with Crippen LogP contribution in [0.1, 0.15) is 60.5 Å². The molecule has 1 fully saturated rings. The van der Waals surface area contributed by atoms with Crippen molar-refractivity contribution in [3.05, 3.63) is 12.2 Å². The Hall–Kier alpha value is -2.52. The molecule has 3 unspecified atom stereocenters. The van der Waals surface area contributed by atoms with Crippen molar-refractivity contribution in [2.75, 3.05) is 32.3 Å². The quantitative estimate of drug-likeness (QED) is 0.180. The first-order valence-corrected chi connectivity index (χ1v) is 19.0. The lowest BCUT2D eigenvalue weighted by Gasteiger charge is -2.33. The van der Waals surface area contributed by atoms with E-state index in [4.69, 9.17) is 29.0 Å². The van der Waals surface area contributed by atoms with Crippen LogP contribution in [0, 0.1) is 12.3 Å². The number of alkyl halides is 1. The first kappa shape index (κ1) is 37.9. The summed E-state index contributed by atoms with van der Waals surface area (Å²) in [5.41, 5.74) is 4.93. The molecule has 0 bridgehead atoms. The van der Waals surface area contributed by atoms with Crippen LogP contribution in [0.5, 0.6) is 0 Å². The monoisotopic (exact) mass is 693 g/mol. The van der Waals surface area contributed by atoms with Crippen molar-refractivity contribution < 1.29 is 46.4 Å². The van der Waals surface area contributed by atoms with Gasteiger partial charge in [0.05, 0.1) is 43.3 Å². The molecule has 0 saturated carbocycles. The van der Waals surface area contributed by atoms with Gasteiger partial charge in [0.1, 0.15) is 23.4 Å². The zero-order valence-electron chi connectivity index (χ0n) is 27.8. The predicted molar refractivity (Wildman–Crippen MR) is 168 cm³/mol. The Bertz CT molecular complexity index is 1510. The predicted octanol–water partition coefficient (Wildman–Crippen LogP) is 3.50. The number of esters is 2. The fourth-order valence-corrected chi connectivity index (χ4v) is 7.48. The highest BCUT2D eigenvalue weighted by Gasteiger charge is 2.56. The van der Waals surface area contributed by atoms with E-state index in [0.717, 1.165) is 0 Å². The lowest BCUT2D eigenvalue weighted by molar-refractivity contribution is -0.149. The van der Waals surface area contributed by atoms with Gasteiger partial charge in [-0.1, -0.05) is 6.92 Å². The van der Waals surface area contributed by atoms with E-state index >= 15 is 4.39 Å². The summed E-state index contributed by atoms with van der Waals surface area (Å²) >= 11 is 0. The van der Waals surface area contributed by atoms with E-state index in [1.165, 1.54) is 45.0 Å². The van der Waals surface area contributed by atoms with E-state index in [0.29, 0.717) is 5.82 Å². The van der Waals surface area contributed by atoms with Gasteiger partial charge in [0, 0.05) is 13.3 Å². The second kappa shape index (κ2) is 14.7. The van der Waals surface area contributed by atoms with Gasteiger partial charge in [0.25, 0.3) is 15.0 Å². The van der Waals surface area contributed by atoms with E-state index in [9.17, 15) is 18.7 Å². The third-order valence-corrected chi connectivity index (χ3v) is 10.1. The molecule has 3 heterocycles. The second-order valence-electron chi connectivity index (χ2n) is 12.3. The van der Waals surface area contributed by atoms with Gasteiger partial charge in [-0.15, -0.1) is 0 Å². The molecule has 2 aromatic heterocycles. The number of nitrogens with two attached hydrogens (primary N) is 1. The molecule has 0 spiro atoms. The second-order valence-corrected chi connectivity index (χ2v) is 16.8. The van der Waals surface area contributed by atoms with Crippen LogP contribution >= 0.6 is 15.0 Å². The number of nitrogen functional groups attached to an aromatic ring is 1. The number of nitrogens with one attached hydrogen (secondary N) is 2. The number of anilines is 1. The molecule has 1 aliphatic heterocycles.